The second-order valence-electron chi connectivity index (χ2n) is 7.36. The quantitative estimate of drug-likeness (QED) is 0.596. The van der Waals surface area contributed by atoms with Gasteiger partial charge in [0.25, 0.3) is 0 Å². The van der Waals surface area contributed by atoms with Crippen LogP contribution in [-0.4, -0.2) is 34.4 Å². The van der Waals surface area contributed by atoms with Gasteiger partial charge in [-0.2, -0.15) is 0 Å². The van der Waals surface area contributed by atoms with Crippen molar-refractivity contribution in [2.24, 2.45) is 0 Å². The van der Waals surface area contributed by atoms with Crippen LogP contribution in [0.3, 0.4) is 0 Å². The van der Waals surface area contributed by atoms with Crippen molar-refractivity contribution in [1.82, 2.24) is 14.8 Å². The fraction of sp³-hybridized carbons (Fsp3) is 0.208. The molecule has 3 aromatic rings. The van der Waals surface area contributed by atoms with Gasteiger partial charge >= 0.3 is 11.8 Å². The molecular weight excluding hydrogens is 394 g/mol. The van der Waals surface area contributed by atoms with Crippen molar-refractivity contribution in [1.29, 1.82) is 0 Å². The van der Waals surface area contributed by atoms with E-state index >= 15 is 0 Å². The molecule has 31 heavy (non-hydrogen) atoms. The molecule has 1 saturated heterocycles. The van der Waals surface area contributed by atoms with Crippen molar-refractivity contribution < 1.29 is 14.3 Å². The van der Waals surface area contributed by atoms with Crippen LogP contribution in [-0.2, 0) is 29.3 Å². The predicted molar refractivity (Wildman–Crippen MR) is 115 cm³/mol. The second-order valence-corrected chi connectivity index (χ2v) is 7.36. The smallest absolute Gasteiger partial charge is 0.312 e. The fourth-order valence-electron chi connectivity index (χ4n) is 3.47. The summed E-state index contributed by atoms with van der Waals surface area (Å²) < 4.78 is 7.71. The normalized spacial score (nSPS) is 13.7. The maximum Gasteiger partial charge on any atom is 0.312 e. The van der Waals surface area contributed by atoms with E-state index in [1.54, 1.807) is 6.20 Å². The van der Waals surface area contributed by atoms with E-state index in [2.05, 4.69) is 5.32 Å². The van der Waals surface area contributed by atoms with Crippen LogP contribution in [0.5, 0.6) is 5.75 Å². The number of carbonyl (C=O) groups is 2. The molecule has 1 N–H and O–H groups in total. The standard InChI is InChI=1S/C24H23N3O4/c28-21-13-20(15-26-12-11-25-23(29)24(26)30)27(14-18-7-3-1-4-8-18)16-22(21)31-17-19-9-5-2-6-10-19/h1-10,13,16H,11-12,14-15,17H2,(H,25,29). The molecule has 0 unspecified atom stereocenters. The van der Waals surface area contributed by atoms with Crippen LogP contribution in [0.2, 0.25) is 0 Å². The minimum Gasteiger partial charge on any atom is -0.483 e. The SMILES string of the molecule is O=C1NCCN(Cc2cc(=O)c(OCc3ccccc3)cn2Cc2ccccc2)C1=O. The maximum absolute atomic E-state index is 12.7. The lowest BCUT2D eigenvalue weighted by molar-refractivity contribution is -0.148. The zero-order valence-corrected chi connectivity index (χ0v) is 17.0. The monoisotopic (exact) mass is 417 g/mol. The van der Waals surface area contributed by atoms with E-state index in [0.29, 0.717) is 25.3 Å². The molecule has 2 amide bonds. The van der Waals surface area contributed by atoms with E-state index < -0.39 is 11.8 Å². The Bertz CT molecular complexity index is 1130. The third-order valence-corrected chi connectivity index (χ3v) is 5.12. The van der Waals surface area contributed by atoms with E-state index in [4.69, 9.17) is 4.74 Å². The first-order valence-corrected chi connectivity index (χ1v) is 10.1. The van der Waals surface area contributed by atoms with Crippen LogP contribution in [0.15, 0.2) is 77.7 Å². The summed E-state index contributed by atoms with van der Waals surface area (Å²) in [4.78, 5) is 38.1. The summed E-state index contributed by atoms with van der Waals surface area (Å²) in [6.07, 6.45) is 1.68. The highest BCUT2D eigenvalue weighted by Crippen LogP contribution is 2.15. The Morgan fingerprint density at radius 3 is 2.26 bits per heavy atom. The Kier molecular flexibility index (Phi) is 6.12. The van der Waals surface area contributed by atoms with Crippen molar-refractivity contribution in [3.8, 4) is 5.75 Å². The summed E-state index contributed by atoms with van der Waals surface area (Å²) in [6, 6.07) is 20.9. The number of hydrogen-bond acceptors (Lipinski definition) is 4. The first kappa shape index (κ1) is 20.4. The molecular formula is C24H23N3O4. The molecule has 0 atom stereocenters. The molecule has 0 aliphatic carbocycles. The molecule has 0 spiro atoms. The van der Waals surface area contributed by atoms with Gasteiger partial charge in [-0.05, 0) is 11.1 Å². The molecule has 7 nitrogen and oxygen atoms in total. The number of benzene rings is 2. The molecule has 1 aromatic heterocycles. The van der Waals surface area contributed by atoms with Gasteiger partial charge in [0, 0.05) is 31.4 Å². The Morgan fingerprint density at radius 2 is 1.55 bits per heavy atom. The minimum atomic E-state index is -0.619. The molecule has 0 saturated carbocycles. The molecule has 4 rings (SSSR count). The molecule has 0 radical (unpaired) electrons. The highest BCUT2D eigenvalue weighted by atomic mass is 16.5. The third kappa shape index (κ3) is 5.01. The number of pyridine rings is 1. The van der Waals surface area contributed by atoms with Gasteiger partial charge in [0.2, 0.25) is 5.43 Å². The fourth-order valence-corrected chi connectivity index (χ4v) is 3.47. The number of aromatic nitrogens is 1. The lowest BCUT2D eigenvalue weighted by atomic mass is 10.2. The van der Waals surface area contributed by atoms with Gasteiger partial charge in [0.1, 0.15) is 6.61 Å². The largest absolute Gasteiger partial charge is 0.483 e. The van der Waals surface area contributed by atoms with Crippen molar-refractivity contribution in [3.63, 3.8) is 0 Å². The number of nitrogens with one attached hydrogen (secondary N) is 1. The number of nitrogens with zero attached hydrogens (tertiary/aromatic N) is 2. The van der Waals surface area contributed by atoms with Crippen LogP contribution in [0.1, 0.15) is 16.8 Å². The van der Waals surface area contributed by atoms with Gasteiger partial charge in [-0.3, -0.25) is 14.4 Å². The van der Waals surface area contributed by atoms with Gasteiger partial charge < -0.3 is 19.5 Å². The maximum atomic E-state index is 12.7. The summed E-state index contributed by atoms with van der Waals surface area (Å²) >= 11 is 0. The van der Waals surface area contributed by atoms with Crippen LogP contribution in [0.4, 0.5) is 0 Å². The minimum absolute atomic E-state index is 0.174. The Morgan fingerprint density at radius 1 is 0.871 bits per heavy atom. The number of piperazine rings is 1. The second kappa shape index (κ2) is 9.30. The van der Waals surface area contributed by atoms with Crippen molar-refractivity contribution >= 4 is 11.8 Å². The first-order chi connectivity index (χ1) is 15.1. The van der Waals surface area contributed by atoms with Gasteiger partial charge in [-0.25, -0.2) is 0 Å². The highest BCUT2D eigenvalue weighted by Gasteiger charge is 2.26. The highest BCUT2D eigenvalue weighted by molar-refractivity contribution is 6.35. The average molecular weight is 417 g/mol. The summed E-state index contributed by atoms with van der Waals surface area (Å²) in [7, 11) is 0. The van der Waals surface area contributed by atoms with Gasteiger partial charge in [-0.15, -0.1) is 0 Å². The molecule has 7 heteroatoms. The zero-order valence-electron chi connectivity index (χ0n) is 17.0. The molecule has 1 aliphatic heterocycles. The van der Waals surface area contributed by atoms with E-state index in [1.807, 2.05) is 65.2 Å². The molecule has 0 bridgehead atoms. The van der Waals surface area contributed by atoms with Crippen LogP contribution < -0.4 is 15.5 Å². The van der Waals surface area contributed by atoms with Crippen molar-refractivity contribution in [2.45, 2.75) is 19.7 Å². The van der Waals surface area contributed by atoms with Crippen LogP contribution in [0, 0.1) is 0 Å². The number of rotatable bonds is 7. The summed E-state index contributed by atoms with van der Waals surface area (Å²) in [6.45, 7) is 1.76. The number of amides is 2. The van der Waals surface area contributed by atoms with Crippen LogP contribution in [0.25, 0.3) is 0 Å². The Balaban J connectivity index is 1.62. The first-order valence-electron chi connectivity index (χ1n) is 10.1. The molecule has 2 aromatic carbocycles. The average Bonchev–Trinajstić information content (AvgIpc) is 2.79. The molecule has 1 fully saturated rings. The molecule has 2 heterocycles. The zero-order chi connectivity index (χ0) is 21.6. The van der Waals surface area contributed by atoms with E-state index in [0.717, 1.165) is 11.1 Å². The van der Waals surface area contributed by atoms with Gasteiger partial charge in [0.15, 0.2) is 5.75 Å². The lowest BCUT2D eigenvalue weighted by Crippen LogP contribution is -2.51. The molecule has 158 valence electrons. The predicted octanol–water partition coefficient (Wildman–Crippen LogP) is 1.93. The topological polar surface area (TPSA) is 80.6 Å². The van der Waals surface area contributed by atoms with Crippen molar-refractivity contribution in [2.75, 3.05) is 13.1 Å². The Labute approximate surface area is 179 Å². The number of hydrogen-bond donors (Lipinski definition) is 1. The van der Waals surface area contributed by atoms with Gasteiger partial charge in [-0.1, -0.05) is 60.7 Å². The summed E-state index contributed by atoms with van der Waals surface area (Å²) in [5.74, 6) is -0.966. The van der Waals surface area contributed by atoms with E-state index in [1.165, 1.54) is 11.0 Å². The summed E-state index contributed by atoms with van der Waals surface area (Å²) in [5, 5.41) is 2.54. The van der Waals surface area contributed by atoms with E-state index in [9.17, 15) is 14.4 Å². The summed E-state index contributed by atoms with van der Waals surface area (Å²) in [5.41, 5.74) is 2.39. The lowest BCUT2D eigenvalue weighted by Gasteiger charge is -2.27. The molecule has 1 aliphatic rings. The van der Waals surface area contributed by atoms with Crippen molar-refractivity contribution in [3.05, 3.63) is 100.0 Å². The van der Waals surface area contributed by atoms with Gasteiger partial charge in [0.05, 0.1) is 12.7 Å². The number of carbonyl (C=O) groups excluding carboxylic acids is 2. The number of ether oxygens (including phenoxy) is 1. The Hall–Kier alpha value is -3.87. The van der Waals surface area contributed by atoms with Crippen LogP contribution >= 0.6 is 0 Å². The third-order valence-electron chi connectivity index (χ3n) is 5.12. The van der Waals surface area contributed by atoms with E-state index in [-0.39, 0.29) is 24.3 Å².